The standard InChI is InChI=1S/C15H12ClFN2O2/c16-11-2-1-3-13(5-11)21-14-8-19(9-14)15(20)10-4-12(17)7-18-6-10/h1-7,14H,8-9H2. The van der Waals surface area contributed by atoms with Gasteiger partial charge >= 0.3 is 0 Å². The number of pyridine rings is 1. The second-order valence-corrected chi connectivity index (χ2v) is 5.24. The quantitative estimate of drug-likeness (QED) is 0.875. The van der Waals surface area contributed by atoms with Gasteiger partial charge in [-0.3, -0.25) is 9.78 Å². The monoisotopic (exact) mass is 306 g/mol. The molecule has 1 aliphatic rings. The zero-order chi connectivity index (χ0) is 14.8. The number of rotatable bonds is 3. The third kappa shape index (κ3) is 3.13. The largest absolute Gasteiger partial charge is 0.487 e. The molecule has 2 heterocycles. The Morgan fingerprint density at radius 3 is 2.86 bits per heavy atom. The smallest absolute Gasteiger partial charge is 0.255 e. The van der Waals surface area contributed by atoms with E-state index in [2.05, 4.69) is 4.98 Å². The third-order valence-electron chi connectivity index (χ3n) is 3.19. The van der Waals surface area contributed by atoms with Crippen molar-refractivity contribution in [3.05, 3.63) is 59.1 Å². The van der Waals surface area contributed by atoms with E-state index >= 15 is 0 Å². The molecule has 1 aromatic heterocycles. The van der Waals surface area contributed by atoms with E-state index < -0.39 is 5.82 Å². The van der Waals surface area contributed by atoms with Crippen molar-refractivity contribution in [3.8, 4) is 5.75 Å². The van der Waals surface area contributed by atoms with Crippen LogP contribution in [0.2, 0.25) is 5.02 Å². The van der Waals surface area contributed by atoms with Crippen molar-refractivity contribution in [1.29, 1.82) is 0 Å². The molecule has 1 aliphatic heterocycles. The van der Waals surface area contributed by atoms with Gasteiger partial charge in [0.2, 0.25) is 0 Å². The summed E-state index contributed by atoms with van der Waals surface area (Å²) in [7, 11) is 0. The lowest BCUT2D eigenvalue weighted by Gasteiger charge is -2.38. The van der Waals surface area contributed by atoms with Gasteiger partial charge in [0, 0.05) is 11.2 Å². The highest BCUT2D eigenvalue weighted by atomic mass is 35.5. The highest BCUT2D eigenvalue weighted by molar-refractivity contribution is 6.30. The molecule has 0 aliphatic carbocycles. The molecule has 0 radical (unpaired) electrons. The summed E-state index contributed by atoms with van der Waals surface area (Å²) in [4.78, 5) is 17.3. The molecule has 0 unspecified atom stereocenters. The molecule has 3 rings (SSSR count). The van der Waals surface area contributed by atoms with Crippen LogP contribution in [0.1, 0.15) is 10.4 Å². The number of carbonyl (C=O) groups is 1. The summed E-state index contributed by atoms with van der Waals surface area (Å²) >= 11 is 5.88. The fourth-order valence-electron chi connectivity index (χ4n) is 2.12. The van der Waals surface area contributed by atoms with Gasteiger partial charge in [0.15, 0.2) is 0 Å². The summed E-state index contributed by atoms with van der Waals surface area (Å²) in [5.74, 6) is -0.0898. The molecule has 21 heavy (non-hydrogen) atoms. The van der Waals surface area contributed by atoms with Crippen LogP contribution in [0.4, 0.5) is 4.39 Å². The molecule has 0 spiro atoms. The lowest BCUT2D eigenvalue weighted by molar-refractivity contribution is 0.0177. The van der Waals surface area contributed by atoms with Crippen LogP contribution in [-0.2, 0) is 0 Å². The highest BCUT2D eigenvalue weighted by Gasteiger charge is 2.33. The highest BCUT2D eigenvalue weighted by Crippen LogP contribution is 2.22. The van der Waals surface area contributed by atoms with Gasteiger partial charge in [-0.15, -0.1) is 0 Å². The van der Waals surface area contributed by atoms with Crippen LogP contribution >= 0.6 is 11.6 Å². The molecule has 0 N–H and O–H groups in total. The molecule has 6 heteroatoms. The van der Waals surface area contributed by atoms with Gasteiger partial charge in [-0.2, -0.15) is 0 Å². The molecule has 2 aromatic rings. The molecule has 108 valence electrons. The van der Waals surface area contributed by atoms with Crippen molar-refractivity contribution >= 4 is 17.5 Å². The summed E-state index contributed by atoms with van der Waals surface area (Å²) in [5, 5.41) is 0.602. The topological polar surface area (TPSA) is 42.4 Å². The molecule has 1 amide bonds. The van der Waals surface area contributed by atoms with Crippen LogP contribution in [0.3, 0.4) is 0 Å². The first kappa shape index (κ1) is 13.8. The Kier molecular flexibility index (Phi) is 3.75. The van der Waals surface area contributed by atoms with Crippen molar-refractivity contribution in [2.24, 2.45) is 0 Å². The minimum atomic E-state index is -0.520. The lowest BCUT2D eigenvalue weighted by Crippen LogP contribution is -2.56. The zero-order valence-corrected chi connectivity index (χ0v) is 11.8. The Hall–Kier alpha value is -2.14. The van der Waals surface area contributed by atoms with Gasteiger partial charge in [0.25, 0.3) is 5.91 Å². The minimum absolute atomic E-state index is 0.0751. The fourth-order valence-corrected chi connectivity index (χ4v) is 2.30. The van der Waals surface area contributed by atoms with Gasteiger partial charge in [-0.1, -0.05) is 17.7 Å². The first-order valence-corrected chi connectivity index (χ1v) is 6.81. The van der Waals surface area contributed by atoms with Gasteiger partial charge in [0.05, 0.1) is 24.8 Å². The van der Waals surface area contributed by atoms with Crippen LogP contribution < -0.4 is 4.74 Å². The molecule has 4 nitrogen and oxygen atoms in total. The Labute approximate surface area is 126 Å². The molecule has 0 saturated carbocycles. The Bertz CT molecular complexity index is 674. The van der Waals surface area contributed by atoms with Crippen LogP contribution in [0.15, 0.2) is 42.7 Å². The maximum atomic E-state index is 13.0. The number of likely N-dealkylation sites (tertiary alicyclic amines) is 1. The molecule has 0 atom stereocenters. The lowest BCUT2D eigenvalue weighted by atomic mass is 10.1. The van der Waals surface area contributed by atoms with Gasteiger partial charge < -0.3 is 9.64 Å². The van der Waals surface area contributed by atoms with E-state index in [9.17, 15) is 9.18 Å². The second kappa shape index (κ2) is 5.69. The number of halogens is 2. The van der Waals surface area contributed by atoms with Crippen molar-refractivity contribution < 1.29 is 13.9 Å². The molecular formula is C15H12ClFN2O2. The van der Waals surface area contributed by atoms with Crippen LogP contribution in [-0.4, -0.2) is 35.0 Å². The number of amides is 1. The summed E-state index contributed by atoms with van der Waals surface area (Å²) in [6.45, 7) is 0.920. The first-order chi connectivity index (χ1) is 10.1. The summed E-state index contributed by atoms with van der Waals surface area (Å²) in [5.41, 5.74) is 0.246. The van der Waals surface area contributed by atoms with E-state index in [1.165, 1.54) is 12.3 Å². The van der Waals surface area contributed by atoms with E-state index in [-0.39, 0.29) is 17.6 Å². The fraction of sp³-hybridized carbons (Fsp3) is 0.200. The molecule has 0 bridgehead atoms. The first-order valence-electron chi connectivity index (χ1n) is 6.44. The predicted molar refractivity (Wildman–Crippen MR) is 76.0 cm³/mol. The van der Waals surface area contributed by atoms with Gasteiger partial charge in [-0.25, -0.2) is 4.39 Å². The average Bonchev–Trinajstić information content (AvgIpc) is 2.42. The van der Waals surface area contributed by atoms with Crippen molar-refractivity contribution in [2.75, 3.05) is 13.1 Å². The number of carbonyl (C=O) groups excluding carboxylic acids is 1. The Balaban J connectivity index is 1.57. The summed E-state index contributed by atoms with van der Waals surface area (Å²) < 4.78 is 18.7. The number of hydrogen-bond donors (Lipinski definition) is 0. The van der Waals surface area contributed by atoms with Crippen LogP contribution in [0, 0.1) is 5.82 Å². The SMILES string of the molecule is O=C(c1cncc(F)c1)N1CC(Oc2cccc(Cl)c2)C1. The van der Waals surface area contributed by atoms with E-state index in [4.69, 9.17) is 16.3 Å². The number of benzene rings is 1. The van der Waals surface area contributed by atoms with E-state index in [1.54, 1.807) is 23.1 Å². The van der Waals surface area contributed by atoms with E-state index in [0.29, 0.717) is 23.9 Å². The molecule has 1 saturated heterocycles. The van der Waals surface area contributed by atoms with Crippen LogP contribution in [0.25, 0.3) is 0 Å². The summed E-state index contributed by atoms with van der Waals surface area (Å²) in [6, 6.07) is 8.29. The van der Waals surface area contributed by atoms with Crippen molar-refractivity contribution in [3.63, 3.8) is 0 Å². The minimum Gasteiger partial charge on any atom is -0.487 e. The van der Waals surface area contributed by atoms with Crippen molar-refractivity contribution in [1.82, 2.24) is 9.88 Å². The maximum Gasteiger partial charge on any atom is 0.255 e. The van der Waals surface area contributed by atoms with E-state index in [0.717, 1.165) is 6.20 Å². The third-order valence-corrected chi connectivity index (χ3v) is 3.42. The number of ether oxygens (including phenoxy) is 1. The Morgan fingerprint density at radius 1 is 1.33 bits per heavy atom. The number of hydrogen-bond acceptors (Lipinski definition) is 3. The van der Waals surface area contributed by atoms with E-state index in [1.807, 2.05) is 6.07 Å². The predicted octanol–water partition coefficient (Wildman–Crippen LogP) is 2.78. The molecule has 1 fully saturated rings. The molecule has 1 aromatic carbocycles. The van der Waals surface area contributed by atoms with Crippen LogP contribution in [0.5, 0.6) is 5.75 Å². The second-order valence-electron chi connectivity index (χ2n) is 4.80. The number of aromatic nitrogens is 1. The average molecular weight is 307 g/mol. The van der Waals surface area contributed by atoms with Gasteiger partial charge in [0.1, 0.15) is 17.7 Å². The normalized spacial score (nSPS) is 14.7. The van der Waals surface area contributed by atoms with Gasteiger partial charge in [-0.05, 0) is 24.3 Å². The maximum absolute atomic E-state index is 13.0. The Morgan fingerprint density at radius 2 is 2.14 bits per heavy atom. The molecular weight excluding hydrogens is 295 g/mol. The number of nitrogens with zero attached hydrogens (tertiary/aromatic N) is 2. The summed E-state index contributed by atoms with van der Waals surface area (Å²) in [6.07, 6.45) is 2.35. The van der Waals surface area contributed by atoms with Crippen molar-refractivity contribution in [2.45, 2.75) is 6.10 Å². The zero-order valence-electron chi connectivity index (χ0n) is 11.0.